The molecule has 0 spiro atoms. The van der Waals surface area contributed by atoms with Crippen LogP contribution in [0.25, 0.3) is 0 Å². The van der Waals surface area contributed by atoms with Gasteiger partial charge in [0.1, 0.15) is 0 Å². The second-order valence-corrected chi connectivity index (χ2v) is 2.50. The Morgan fingerprint density at radius 2 is 2.38 bits per heavy atom. The van der Waals surface area contributed by atoms with Crippen LogP contribution in [0.15, 0.2) is 0 Å². The Labute approximate surface area is 50.0 Å². The van der Waals surface area contributed by atoms with Gasteiger partial charge in [0.15, 0.2) is 0 Å². The second-order valence-electron chi connectivity index (χ2n) is 2.50. The summed E-state index contributed by atoms with van der Waals surface area (Å²) in [6, 6.07) is 0.281. The third-order valence-electron chi connectivity index (χ3n) is 1.76. The summed E-state index contributed by atoms with van der Waals surface area (Å²) in [7, 11) is 0. The fourth-order valence-electron chi connectivity index (χ4n) is 0.867. The van der Waals surface area contributed by atoms with E-state index in [9.17, 15) is 0 Å². The highest BCUT2D eigenvalue weighted by molar-refractivity contribution is 4.71. The van der Waals surface area contributed by atoms with E-state index in [-0.39, 0.29) is 6.04 Å². The van der Waals surface area contributed by atoms with E-state index in [1.165, 1.54) is 0 Å². The number of ether oxygens (including phenoxy) is 1. The van der Waals surface area contributed by atoms with Crippen LogP contribution in [0.2, 0.25) is 0 Å². The molecule has 2 nitrogen and oxygen atoms in total. The molecule has 1 fully saturated rings. The molecule has 1 saturated heterocycles. The zero-order chi connectivity index (χ0) is 5.98. The lowest BCUT2D eigenvalue weighted by Gasteiger charge is -2.24. The van der Waals surface area contributed by atoms with Crippen LogP contribution in [0, 0.1) is 5.92 Å². The van der Waals surface area contributed by atoms with Crippen LogP contribution >= 0.6 is 0 Å². The molecule has 1 rings (SSSR count). The third kappa shape index (κ3) is 1.20. The standard InChI is InChI=1S/C6H13NO/c1-5-2-3-8-4-6(5)7/h5-6H,2-4,7H2,1H3/t5-,6?/m0/s1. The normalized spacial score (nSPS) is 39.8. The fraction of sp³-hybridized carbons (Fsp3) is 1.00. The lowest BCUT2D eigenvalue weighted by molar-refractivity contribution is 0.0546. The van der Waals surface area contributed by atoms with E-state index < -0.39 is 0 Å². The Balaban J connectivity index is 2.28. The first-order chi connectivity index (χ1) is 3.80. The highest BCUT2D eigenvalue weighted by Gasteiger charge is 2.16. The summed E-state index contributed by atoms with van der Waals surface area (Å²) in [5.74, 6) is 0.656. The van der Waals surface area contributed by atoms with Gasteiger partial charge in [0, 0.05) is 12.6 Å². The number of hydrogen-bond donors (Lipinski definition) is 1. The first kappa shape index (κ1) is 6.05. The zero-order valence-corrected chi connectivity index (χ0v) is 5.26. The lowest BCUT2D eigenvalue weighted by Crippen LogP contribution is -2.37. The largest absolute Gasteiger partial charge is 0.380 e. The van der Waals surface area contributed by atoms with Gasteiger partial charge in [0.05, 0.1) is 6.61 Å². The van der Waals surface area contributed by atoms with E-state index in [0.29, 0.717) is 5.92 Å². The van der Waals surface area contributed by atoms with Crippen molar-refractivity contribution in [3.8, 4) is 0 Å². The number of hydrogen-bond acceptors (Lipinski definition) is 2. The molecule has 0 aromatic rings. The molecule has 0 aromatic carbocycles. The summed E-state index contributed by atoms with van der Waals surface area (Å²) in [6.07, 6.45) is 1.13. The first-order valence-corrected chi connectivity index (χ1v) is 3.14. The van der Waals surface area contributed by atoms with Crippen molar-refractivity contribution < 1.29 is 4.74 Å². The molecule has 0 aromatic heterocycles. The van der Waals surface area contributed by atoms with Crippen molar-refractivity contribution in [1.82, 2.24) is 0 Å². The molecule has 2 atom stereocenters. The van der Waals surface area contributed by atoms with Gasteiger partial charge < -0.3 is 10.5 Å². The maximum absolute atomic E-state index is 5.65. The van der Waals surface area contributed by atoms with Gasteiger partial charge in [-0.15, -0.1) is 0 Å². The van der Waals surface area contributed by atoms with E-state index in [2.05, 4.69) is 6.92 Å². The van der Waals surface area contributed by atoms with Crippen molar-refractivity contribution in [2.24, 2.45) is 11.7 Å². The maximum Gasteiger partial charge on any atom is 0.0620 e. The minimum Gasteiger partial charge on any atom is -0.380 e. The van der Waals surface area contributed by atoms with Crippen molar-refractivity contribution >= 4 is 0 Å². The minimum absolute atomic E-state index is 0.281. The van der Waals surface area contributed by atoms with Gasteiger partial charge in [-0.25, -0.2) is 0 Å². The molecular formula is C6H13NO. The quantitative estimate of drug-likeness (QED) is 0.495. The van der Waals surface area contributed by atoms with Crippen molar-refractivity contribution in [3.63, 3.8) is 0 Å². The molecule has 48 valence electrons. The molecule has 0 saturated carbocycles. The van der Waals surface area contributed by atoms with E-state index in [1.807, 2.05) is 0 Å². The molecule has 0 radical (unpaired) electrons. The molecule has 1 aliphatic heterocycles. The van der Waals surface area contributed by atoms with E-state index in [4.69, 9.17) is 10.5 Å². The number of nitrogens with two attached hydrogens (primary N) is 1. The van der Waals surface area contributed by atoms with Gasteiger partial charge in [-0.05, 0) is 12.3 Å². The minimum atomic E-state index is 0.281. The summed E-state index contributed by atoms with van der Waals surface area (Å²) in [6.45, 7) is 3.82. The van der Waals surface area contributed by atoms with Crippen LogP contribution in [0.3, 0.4) is 0 Å². The van der Waals surface area contributed by atoms with Gasteiger partial charge >= 0.3 is 0 Å². The molecular weight excluding hydrogens is 102 g/mol. The summed E-state index contributed by atoms with van der Waals surface area (Å²) in [4.78, 5) is 0. The van der Waals surface area contributed by atoms with Crippen LogP contribution in [-0.4, -0.2) is 19.3 Å². The summed E-state index contributed by atoms with van der Waals surface area (Å²) < 4.78 is 5.13. The first-order valence-electron chi connectivity index (χ1n) is 3.14. The van der Waals surface area contributed by atoms with Crippen LogP contribution in [-0.2, 0) is 4.74 Å². The van der Waals surface area contributed by atoms with Gasteiger partial charge in [-0.3, -0.25) is 0 Å². The van der Waals surface area contributed by atoms with Gasteiger partial charge in [0.25, 0.3) is 0 Å². The van der Waals surface area contributed by atoms with Crippen LogP contribution < -0.4 is 5.73 Å². The van der Waals surface area contributed by atoms with Crippen molar-refractivity contribution in [2.45, 2.75) is 19.4 Å². The molecule has 0 bridgehead atoms. The summed E-state index contributed by atoms with van der Waals surface area (Å²) in [5.41, 5.74) is 5.65. The van der Waals surface area contributed by atoms with Gasteiger partial charge in [-0.2, -0.15) is 0 Å². The van der Waals surface area contributed by atoms with Crippen molar-refractivity contribution in [1.29, 1.82) is 0 Å². The highest BCUT2D eigenvalue weighted by Crippen LogP contribution is 2.11. The molecule has 0 aliphatic carbocycles. The van der Waals surface area contributed by atoms with Crippen LogP contribution in [0.4, 0.5) is 0 Å². The average Bonchev–Trinajstić information content (AvgIpc) is 1.77. The Hall–Kier alpha value is -0.0800. The average molecular weight is 115 g/mol. The summed E-state index contributed by atoms with van der Waals surface area (Å²) >= 11 is 0. The topological polar surface area (TPSA) is 35.2 Å². The predicted molar refractivity (Wildman–Crippen MR) is 32.6 cm³/mol. The van der Waals surface area contributed by atoms with Gasteiger partial charge in [-0.1, -0.05) is 6.92 Å². The fourth-order valence-corrected chi connectivity index (χ4v) is 0.867. The van der Waals surface area contributed by atoms with Gasteiger partial charge in [0.2, 0.25) is 0 Å². The SMILES string of the molecule is C[C@H]1CCOCC1N. The molecule has 0 amide bonds. The smallest absolute Gasteiger partial charge is 0.0620 e. The molecule has 1 aliphatic rings. The second kappa shape index (κ2) is 2.46. The van der Waals surface area contributed by atoms with Crippen LogP contribution in [0.5, 0.6) is 0 Å². The molecule has 1 heterocycles. The van der Waals surface area contributed by atoms with Crippen molar-refractivity contribution in [2.75, 3.05) is 13.2 Å². The molecule has 8 heavy (non-hydrogen) atoms. The van der Waals surface area contributed by atoms with E-state index in [0.717, 1.165) is 19.6 Å². The van der Waals surface area contributed by atoms with Crippen molar-refractivity contribution in [3.05, 3.63) is 0 Å². The third-order valence-corrected chi connectivity index (χ3v) is 1.76. The number of rotatable bonds is 0. The van der Waals surface area contributed by atoms with Crippen LogP contribution in [0.1, 0.15) is 13.3 Å². The predicted octanol–water partition coefficient (Wildman–Crippen LogP) is 0.370. The summed E-state index contributed by atoms with van der Waals surface area (Å²) in [5, 5.41) is 0. The highest BCUT2D eigenvalue weighted by atomic mass is 16.5. The molecule has 2 N–H and O–H groups in total. The molecule has 2 heteroatoms. The van der Waals surface area contributed by atoms with E-state index >= 15 is 0 Å². The zero-order valence-electron chi connectivity index (χ0n) is 5.26. The molecule has 1 unspecified atom stereocenters. The Bertz CT molecular complexity index is 64.9. The van der Waals surface area contributed by atoms with E-state index in [1.54, 1.807) is 0 Å². The Morgan fingerprint density at radius 1 is 1.62 bits per heavy atom. The lowest BCUT2D eigenvalue weighted by atomic mass is 9.98. The Kier molecular flexibility index (Phi) is 1.86. The Morgan fingerprint density at radius 3 is 2.75 bits per heavy atom. The maximum atomic E-state index is 5.65. The monoisotopic (exact) mass is 115 g/mol.